The van der Waals surface area contributed by atoms with Crippen LogP contribution in [-0.2, 0) is 4.74 Å². The van der Waals surface area contributed by atoms with Gasteiger partial charge in [0.1, 0.15) is 0 Å². The smallest absolute Gasteiger partial charge is 0.351 e. The monoisotopic (exact) mass is 257 g/mol. The van der Waals surface area contributed by atoms with Gasteiger partial charge in [-0.05, 0) is 12.8 Å². The Morgan fingerprint density at radius 2 is 2.47 bits per heavy atom. The molecule has 2 rings (SSSR count). The molecule has 0 saturated carbocycles. The Morgan fingerprint density at radius 1 is 1.71 bits per heavy atom. The zero-order chi connectivity index (χ0) is 12.4. The van der Waals surface area contributed by atoms with Gasteiger partial charge < -0.3 is 20.5 Å². The molecule has 7 heteroatoms. The summed E-state index contributed by atoms with van der Waals surface area (Å²) in [6.45, 7) is 1.36. The first-order chi connectivity index (χ1) is 8.11. The zero-order valence-corrected chi connectivity index (χ0v) is 10.4. The summed E-state index contributed by atoms with van der Waals surface area (Å²) >= 11 is 1.20. The Balaban J connectivity index is 2.19. The summed E-state index contributed by atoms with van der Waals surface area (Å²) in [6, 6.07) is 0. The Morgan fingerprint density at radius 3 is 3.12 bits per heavy atom. The van der Waals surface area contributed by atoms with Gasteiger partial charge in [-0.3, -0.25) is 0 Å². The lowest BCUT2D eigenvalue weighted by Crippen LogP contribution is -2.38. The molecular formula is C10H15N3O3S. The van der Waals surface area contributed by atoms with E-state index in [0.717, 1.165) is 19.4 Å². The highest BCUT2D eigenvalue weighted by Gasteiger charge is 2.23. The third-order valence-electron chi connectivity index (χ3n) is 2.68. The molecule has 6 nitrogen and oxygen atoms in total. The largest absolute Gasteiger partial charge is 0.465 e. The number of aromatic nitrogens is 1. The highest BCUT2D eigenvalue weighted by atomic mass is 32.1. The SMILES string of the molecule is COC(=O)c1sc(N2CCC[C@H](O)C2)nc1N. The molecule has 1 aliphatic heterocycles. The van der Waals surface area contributed by atoms with Gasteiger partial charge in [-0.15, -0.1) is 0 Å². The summed E-state index contributed by atoms with van der Waals surface area (Å²) in [5.41, 5.74) is 5.67. The fraction of sp³-hybridized carbons (Fsp3) is 0.600. The van der Waals surface area contributed by atoms with Gasteiger partial charge >= 0.3 is 5.97 Å². The first kappa shape index (κ1) is 12.1. The van der Waals surface area contributed by atoms with E-state index in [9.17, 15) is 9.90 Å². The van der Waals surface area contributed by atoms with Crippen molar-refractivity contribution in [2.45, 2.75) is 18.9 Å². The lowest BCUT2D eigenvalue weighted by molar-refractivity contribution is 0.0607. The summed E-state index contributed by atoms with van der Waals surface area (Å²) in [5, 5.41) is 10.3. The van der Waals surface area contributed by atoms with Crippen LogP contribution in [0.1, 0.15) is 22.5 Å². The normalized spacial score (nSPS) is 20.4. The van der Waals surface area contributed by atoms with Gasteiger partial charge in [-0.25, -0.2) is 9.78 Å². The van der Waals surface area contributed by atoms with Gasteiger partial charge in [-0.1, -0.05) is 11.3 Å². The minimum absolute atomic E-state index is 0.192. The fourth-order valence-corrected chi connectivity index (χ4v) is 2.76. The van der Waals surface area contributed by atoms with Crippen LogP contribution in [0, 0.1) is 0 Å². The summed E-state index contributed by atoms with van der Waals surface area (Å²) in [4.78, 5) is 17.8. The van der Waals surface area contributed by atoms with Crippen molar-refractivity contribution in [2.75, 3.05) is 30.8 Å². The Bertz CT molecular complexity index is 421. The molecule has 1 atom stereocenters. The van der Waals surface area contributed by atoms with E-state index in [1.165, 1.54) is 18.4 Å². The molecule has 1 aliphatic rings. The third-order valence-corrected chi connectivity index (χ3v) is 3.79. The summed E-state index contributed by atoms with van der Waals surface area (Å²) < 4.78 is 4.62. The van der Waals surface area contributed by atoms with Crippen molar-refractivity contribution in [3.8, 4) is 0 Å². The van der Waals surface area contributed by atoms with E-state index in [1.54, 1.807) is 0 Å². The number of aliphatic hydroxyl groups excluding tert-OH is 1. The summed E-state index contributed by atoms with van der Waals surface area (Å²) in [7, 11) is 1.31. The molecule has 1 aromatic heterocycles. The number of hydrogen-bond acceptors (Lipinski definition) is 7. The van der Waals surface area contributed by atoms with E-state index in [-0.39, 0.29) is 11.9 Å². The third kappa shape index (κ3) is 2.50. The molecule has 17 heavy (non-hydrogen) atoms. The van der Waals surface area contributed by atoms with Gasteiger partial charge in [0.15, 0.2) is 15.8 Å². The number of esters is 1. The van der Waals surface area contributed by atoms with Crippen LogP contribution < -0.4 is 10.6 Å². The molecule has 1 fully saturated rings. The number of nitrogens with zero attached hydrogens (tertiary/aromatic N) is 2. The highest BCUT2D eigenvalue weighted by molar-refractivity contribution is 7.18. The number of nitrogen functional groups attached to an aromatic ring is 1. The molecule has 0 radical (unpaired) electrons. The van der Waals surface area contributed by atoms with E-state index >= 15 is 0 Å². The van der Waals surface area contributed by atoms with Gasteiger partial charge in [0.2, 0.25) is 0 Å². The molecule has 0 aromatic carbocycles. The molecule has 0 bridgehead atoms. The lowest BCUT2D eigenvalue weighted by atomic mass is 10.1. The fourth-order valence-electron chi connectivity index (χ4n) is 1.82. The minimum atomic E-state index is -0.469. The summed E-state index contributed by atoms with van der Waals surface area (Å²) in [6.07, 6.45) is 1.38. The number of aliphatic hydroxyl groups is 1. The molecule has 94 valence electrons. The molecular weight excluding hydrogens is 242 g/mol. The average molecular weight is 257 g/mol. The Hall–Kier alpha value is -1.34. The van der Waals surface area contributed by atoms with Crippen molar-refractivity contribution in [2.24, 2.45) is 0 Å². The topological polar surface area (TPSA) is 88.7 Å². The second-order valence-corrected chi connectivity index (χ2v) is 4.92. The van der Waals surface area contributed by atoms with Gasteiger partial charge in [-0.2, -0.15) is 0 Å². The summed E-state index contributed by atoms with van der Waals surface area (Å²) in [5.74, 6) is -0.277. The van der Waals surface area contributed by atoms with Crippen LogP contribution >= 0.6 is 11.3 Å². The number of methoxy groups -OCH3 is 1. The number of rotatable bonds is 2. The van der Waals surface area contributed by atoms with Gasteiger partial charge in [0.25, 0.3) is 0 Å². The first-order valence-corrected chi connectivity index (χ1v) is 6.21. The number of hydrogen-bond donors (Lipinski definition) is 2. The molecule has 1 aromatic rings. The number of ether oxygens (including phenoxy) is 1. The molecule has 0 spiro atoms. The zero-order valence-electron chi connectivity index (χ0n) is 9.55. The maximum Gasteiger partial charge on any atom is 0.351 e. The molecule has 2 heterocycles. The average Bonchev–Trinajstić information content (AvgIpc) is 2.70. The Kier molecular flexibility index (Phi) is 3.49. The van der Waals surface area contributed by atoms with Crippen molar-refractivity contribution in [1.82, 2.24) is 4.98 Å². The second kappa shape index (κ2) is 4.89. The van der Waals surface area contributed by atoms with E-state index in [2.05, 4.69) is 9.72 Å². The van der Waals surface area contributed by atoms with Crippen molar-refractivity contribution in [3.63, 3.8) is 0 Å². The quantitative estimate of drug-likeness (QED) is 0.749. The number of piperidine rings is 1. The van der Waals surface area contributed by atoms with Gasteiger partial charge in [0, 0.05) is 13.1 Å². The number of nitrogens with two attached hydrogens (primary N) is 1. The van der Waals surface area contributed by atoms with Crippen LogP contribution in [-0.4, -0.2) is 42.4 Å². The molecule has 0 aliphatic carbocycles. The van der Waals surface area contributed by atoms with Crippen LogP contribution in [0.4, 0.5) is 10.9 Å². The second-order valence-electron chi connectivity index (χ2n) is 3.94. The van der Waals surface area contributed by atoms with Crippen molar-refractivity contribution in [3.05, 3.63) is 4.88 Å². The maximum absolute atomic E-state index is 11.4. The maximum atomic E-state index is 11.4. The predicted molar refractivity (Wildman–Crippen MR) is 65.3 cm³/mol. The molecule has 1 saturated heterocycles. The molecule has 0 amide bonds. The van der Waals surface area contributed by atoms with E-state index in [1.807, 2.05) is 4.90 Å². The van der Waals surface area contributed by atoms with Crippen molar-refractivity contribution >= 4 is 28.3 Å². The number of carbonyl (C=O) groups is 1. The number of carbonyl (C=O) groups excluding carboxylic acids is 1. The predicted octanol–water partition coefficient (Wildman–Crippen LogP) is 0.473. The number of β-amino-alcohol motifs (C(OH)–C–C–N with tert-alkyl or cyclic N) is 1. The van der Waals surface area contributed by atoms with Crippen molar-refractivity contribution < 1.29 is 14.6 Å². The standard InChI is InChI=1S/C10H15N3O3S/c1-16-9(15)7-8(11)12-10(17-7)13-4-2-3-6(14)5-13/h6,14H,2-5,11H2,1H3/t6-/m0/s1. The molecule has 3 N–H and O–H groups in total. The number of thiazole rings is 1. The van der Waals surface area contributed by atoms with Crippen LogP contribution in [0.3, 0.4) is 0 Å². The highest BCUT2D eigenvalue weighted by Crippen LogP contribution is 2.30. The first-order valence-electron chi connectivity index (χ1n) is 5.39. The van der Waals surface area contributed by atoms with E-state index in [4.69, 9.17) is 5.73 Å². The van der Waals surface area contributed by atoms with Crippen LogP contribution in [0.5, 0.6) is 0 Å². The Labute approximate surface area is 103 Å². The van der Waals surface area contributed by atoms with Crippen LogP contribution in [0.15, 0.2) is 0 Å². The minimum Gasteiger partial charge on any atom is -0.465 e. The number of anilines is 2. The molecule has 0 unspecified atom stereocenters. The van der Waals surface area contributed by atoms with Crippen LogP contribution in [0.2, 0.25) is 0 Å². The van der Waals surface area contributed by atoms with Gasteiger partial charge in [0.05, 0.1) is 13.2 Å². The van der Waals surface area contributed by atoms with Crippen molar-refractivity contribution in [1.29, 1.82) is 0 Å². The lowest BCUT2D eigenvalue weighted by Gasteiger charge is -2.29. The van der Waals surface area contributed by atoms with Crippen LogP contribution in [0.25, 0.3) is 0 Å². The van der Waals surface area contributed by atoms with E-state index in [0.29, 0.717) is 16.6 Å². The van der Waals surface area contributed by atoms with E-state index < -0.39 is 5.97 Å².